The van der Waals surface area contributed by atoms with Crippen molar-refractivity contribution in [3.05, 3.63) is 10.7 Å². The summed E-state index contributed by atoms with van der Waals surface area (Å²) in [4.78, 5) is 8.42. The number of ether oxygens (including phenoxy) is 2. The average molecular weight is 302 g/mol. The van der Waals surface area contributed by atoms with Crippen molar-refractivity contribution in [2.24, 2.45) is 0 Å². The van der Waals surface area contributed by atoms with E-state index in [1.807, 2.05) is 0 Å². The van der Waals surface area contributed by atoms with Crippen molar-refractivity contribution >= 4 is 21.9 Å². The van der Waals surface area contributed by atoms with E-state index in [4.69, 9.17) is 9.47 Å². The summed E-state index contributed by atoms with van der Waals surface area (Å²) in [6.45, 7) is 0.730. The number of hydrogen-bond acceptors (Lipinski definition) is 5. The summed E-state index contributed by atoms with van der Waals surface area (Å²) in [7, 11) is 3.34. The van der Waals surface area contributed by atoms with Gasteiger partial charge in [-0.25, -0.2) is 4.98 Å². The Hall–Kier alpha value is -0.880. The number of hydrogen-bond donors (Lipinski definition) is 1. The van der Waals surface area contributed by atoms with E-state index in [2.05, 4.69) is 31.2 Å². The van der Waals surface area contributed by atoms with Gasteiger partial charge in [0, 0.05) is 13.7 Å². The Morgan fingerprint density at radius 2 is 2.24 bits per heavy atom. The number of nitrogens with one attached hydrogen (secondary N) is 1. The molecule has 0 bridgehead atoms. The van der Waals surface area contributed by atoms with Crippen LogP contribution < -0.4 is 10.1 Å². The smallest absolute Gasteiger partial charge is 0.232 e. The molecule has 1 saturated carbocycles. The summed E-state index contributed by atoms with van der Waals surface area (Å²) in [5.74, 6) is 1.09. The fourth-order valence-corrected chi connectivity index (χ4v) is 2.20. The van der Waals surface area contributed by atoms with Crippen LogP contribution in [0.4, 0.5) is 5.95 Å². The van der Waals surface area contributed by atoms with E-state index < -0.39 is 0 Å². The molecule has 2 rings (SSSR count). The molecular weight excluding hydrogens is 286 g/mol. The quantitative estimate of drug-likeness (QED) is 0.904. The van der Waals surface area contributed by atoms with Crippen LogP contribution >= 0.6 is 15.9 Å². The second-order valence-electron chi connectivity index (χ2n) is 4.15. The maximum absolute atomic E-state index is 5.52. The van der Waals surface area contributed by atoms with Gasteiger partial charge in [-0.2, -0.15) is 4.98 Å². The van der Waals surface area contributed by atoms with Crippen molar-refractivity contribution in [2.45, 2.75) is 24.9 Å². The predicted molar refractivity (Wildman–Crippen MR) is 68.4 cm³/mol. The van der Waals surface area contributed by atoms with Crippen LogP contribution in [-0.2, 0) is 4.74 Å². The third kappa shape index (κ3) is 2.69. The van der Waals surface area contributed by atoms with Crippen molar-refractivity contribution in [3.8, 4) is 5.88 Å². The molecule has 17 heavy (non-hydrogen) atoms. The Balaban J connectivity index is 1.99. The molecular formula is C11H16BrN3O2. The monoisotopic (exact) mass is 301 g/mol. The second-order valence-corrected chi connectivity index (χ2v) is 5.00. The molecule has 1 heterocycles. The molecule has 0 unspecified atom stereocenters. The highest BCUT2D eigenvalue weighted by molar-refractivity contribution is 9.10. The standard InChI is InChI=1S/C11H16BrN3O2/c1-16-9-8(12)6-13-10(15-9)14-7-11(17-2)4-3-5-11/h6H,3-5,7H2,1-2H3,(H,13,14,15). The minimum atomic E-state index is -0.0380. The van der Waals surface area contributed by atoms with Crippen LogP contribution in [0.1, 0.15) is 19.3 Å². The molecule has 1 aliphatic rings. The lowest BCUT2D eigenvalue weighted by molar-refractivity contribution is -0.0602. The van der Waals surface area contributed by atoms with E-state index in [0.717, 1.165) is 23.9 Å². The Kier molecular flexibility index (Phi) is 3.83. The van der Waals surface area contributed by atoms with Crippen molar-refractivity contribution in [1.82, 2.24) is 9.97 Å². The van der Waals surface area contributed by atoms with Crippen LogP contribution in [0.3, 0.4) is 0 Å². The summed E-state index contributed by atoms with van der Waals surface area (Å²) in [5, 5.41) is 3.19. The predicted octanol–water partition coefficient (Wildman–Crippen LogP) is 2.23. The maximum Gasteiger partial charge on any atom is 0.232 e. The summed E-state index contributed by atoms with van der Waals surface area (Å²) in [6, 6.07) is 0. The second kappa shape index (κ2) is 5.18. The molecule has 6 heteroatoms. The number of methoxy groups -OCH3 is 2. The highest BCUT2D eigenvalue weighted by atomic mass is 79.9. The molecule has 0 saturated heterocycles. The van der Waals surface area contributed by atoms with Gasteiger partial charge in [-0.15, -0.1) is 0 Å². The van der Waals surface area contributed by atoms with Crippen LogP contribution in [0.5, 0.6) is 5.88 Å². The molecule has 0 spiro atoms. The van der Waals surface area contributed by atoms with Crippen LogP contribution in [0.15, 0.2) is 10.7 Å². The molecule has 1 aliphatic carbocycles. The summed E-state index contributed by atoms with van der Waals surface area (Å²) in [6.07, 6.45) is 5.07. The van der Waals surface area contributed by atoms with Gasteiger partial charge in [0.15, 0.2) is 0 Å². The molecule has 0 aliphatic heterocycles. The molecule has 0 aromatic carbocycles. The molecule has 1 aromatic heterocycles. The van der Waals surface area contributed by atoms with Gasteiger partial charge in [-0.1, -0.05) is 0 Å². The van der Waals surface area contributed by atoms with Crippen molar-refractivity contribution in [3.63, 3.8) is 0 Å². The number of nitrogens with zero attached hydrogens (tertiary/aromatic N) is 2. The normalized spacial score (nSPS) is 17.4. The maximum atomic E-state index is 5.52. The minimum Gasteiger partial charge on any atom is -0.480 e. The Morgan fingerprint density at radius 1 is 1.47 bits per heavy atom. The Bertz CT molecular complexity index is 391. The van der Waals surface area contributed by atoms with Crippen molar-refractivity contribution < 1.29 is 9.47 Å². The van der Waals surface area contributed by atoms with Crippen LogP contribution in [0, 0.1) is 0 Å². The van der Waals surface area contributed by atoms with Crippen LogP contribution in [0.25, 0.3) is 0 Å². The first-order valence-corrected chi connectivity index (χ1v) is 6.34. The van der Waals surface area contributed by atoms with E-state index in [1.165, 1.54) is 6.42 Å². The van der Waals surface area contributed by atoms with E-state index >= 15 is 0 Å². The summed E-state index contributed by atoms with van der Waals surface area (Å²) >= 11 is 3.32. The molecule has 0 atom stereocenters. The first-order valence-electron chi connectivity index (χ1n) is 5.55. The largest absolute Gasteiger partial charge is 0.480 e. The lowest BCUT2D eigenvalue weighted by Gasteiger charge is -2.40. The summed E-state index contributed by atoms with van der Waals surface area (Å²) < 4.78 is 11.4. The third-order valence-electron chi connectivity index (χ3n) is 3.17. The van der Waals surface area contributed by atoms with E-state index in [1.54, 1.807) is 20.4 Å². The Labute approximate surface area is 109 Å². The molecule has 1 aromatic rings. The molecule has 1 fully saturated rings. The van der Waals surface area contributed by atoms with Gasteiger partial charge in [0.2, 0.25) is 11.8 Å². The Morgan fingerprint density at radius 3 is 2.76 bits per heavy atom. The van der Waals surface area contributed by atoms with Gasteiger partial charge in [0.25, 0.3) is 0 Å². The van der Waals surface area contributed by atoms with Crippen LogP contribution in [-0.4, -0.2) is 36.3 Å². The number of rotatable bonds is 5. The molecule has 0 amide bonds. The fourth-order valence-electron chi connectivity index (χ4n) is 1.84. The zero-order valence-corrected chi connectivity index (χ0v) is 11.6. The fraction of sp³-hybridized carbons (Fsp3) is 0.636. The van der Waals surface area contributed by atoms with Gasteiger partial charge in [-0.3, -0.25) is 0 Å². The lowest BCUT2D eigenvalue weighted by atomic mass is 9.80. The van der Waals surface area contributed by atoms with Gasteiger partial charge in [0.1, 0.15) is 0 Å². The SMILES string of the molecule is COc1nc(NCC2(OC)CCC2)ncc1Br. The van der Waals surface area contributed by atoms with Gasteiger partial charge < -0.3 is 14.8 Å². The van der Waals surface area contributed by atoms with E-state index in [-0.39, 0.29) is 5.60 Å². The topological polar surface area (TPSA) is 56.3 Å². The highest BCUT2D eigenvalue weighted by Gasteiger charge is 2.36. The minimum absolute atomic E-state index is 0.0380. The molecule has 1 N–H and O–H groups in total. The number of halogens is 1. The first-order chi connectivity index (χ1) is 8.19. The number of anilines is 1. The molecule has 94 valence electrons. The molecule has 0 radical (unpaired) electrons. The van der Waals surface area contributed by atoms with Crippen molar-refractivity contribution in [2.75, 3.05) is 26.1 Å². The van der Waals surface area contributed by atoms with Crippen molar-refractivity contribution in [1.29, 1.82) is 0 Å². The van der Waals surface area contributed by atoms with E-state index in [0.29, 0.717) is 11.8 Å². The van der Waals surface area contributed by atoms with Gasteiger partial charge >= 0.3 is 0 Å². The zero-order valence-electron chi connectivity index (χ0n) is 9.99. The van der Waals surface area contributed by atoms with Gasteiger partial charge in [-0.05, 0) is 35.2 Å². The average Bonchev–Trinajstić information content (AvgIpc) is 2.30. The lowest BCUT2D eigenvalue weighted by Crippen LogP contribution is -2.45. The van der Waals surface area contributed by atoms with E-state index in [9.17, 15) is 0 Å². The zero-order chi connectivity index (χ0) is 12.3. The summed E-state index contributed by atoms with van der Waals surface area (Å²) in [5.41, 5.74) is -0.0380. The highest BCUT2D eigenvalue weighted by Crippen LogP contribution is 2.35. The third-order valence-corrected chi connectivity index (χ3v) is 3.72. The number of aromatic nitrogens is 2. The van der Waals surface area contributed by atoms with Crippen LogP contribution in [0.2, 0.25) is 0 Å². The van der Waals surface area contributed by atoms with Gasteiger partial charge in [0.05, 0.1) is 23.4 Å². The molecule has 5 nitrogen and oxygen atoms in total. The first kappa shape index (κ1) is 12.6.